The average molecular weight is 329 g/mol. The van der Waals surface area contributed by atoms with Crippen LogP contribution in [0, 0.1) is 11.6 Å². The van der Waals surface area contributed by atoms with Crippen LogP contribution in [-0.4, -0.2) is 12.0 Å². The molecular formula is C13H11BrF2N2O. The lowest BCUT2D eigenvalue weighted by atomic mass is 10.2. The molecule has 0 amide bonds. The molecule has 0 atom stereocenters. The molecule has 0 saturated heterocycles. The summed E-state index contributed by atoms with van der Waals surface area (Å²) in [4.78, 5) is 3.81. The van der Waals surface area contributed by atoms with Crippen molar-refractivity contribution in [2.75, 3.05) is 7.05 Å². The first-order chi connectivity index (χ1) is 9.10. The van der Waals surface area contributed by atoms with Crippen LogP contribution in [0.3, 0.4) is 0 Å². The average Bonchev–Trinajstić information content (AvgIpc) is 2.33. The van der Waals surface area contributed by atoms with E-state index in [9.17, 15) is 8.78 Å². The highest BCUT2D eigenvalue weighted by atomic mass is 79.9. The quantitative estimate of drug-likeness (QED) is 0.930. The predicted molar refractivity (Wildman–Crippen MR) is 71.1 cm³/mol. The highest BCUT2D eigenvalue weighted by Crippen LogP contribution is 2.27. The van der Waals surface area contributed by atoms with Gasteiger partial charge in [0.2, 0.25) is 0 Å². The second-order valence-electron chi connectivity index (χ2n) is 3.83. The first-order valence-corrected chi connectivity index (χ1v) is 6.31. The summed E-state index contributed by atoms with van der Waals surface area (Å²) in [5.41, 5.74) is 0.433. The van der Waals surface area contributed by atoms with Crippen molar-refractivity contribution >= 4 is 15.9 Å². The standard InChI is InChI=1S/C13H11BrF2N2O/c1-17-7-8-2-3-18-13(12(8)16)19-11-5-9(14)4-10(15)6-11/h2-6,17H,7H2,1H3. The Morgan fingerprint density at radius 1 is 1.32 bits per heavy atom. The van der Waals surface area contributed by atoms with Crippen molar-refractivity contribution in [2.24, 2.45) is 0 Å². The number of aromatic nitrogens is 1. The van der Waals surface area contributed by atoms with Crippen LogP contribution in [-0.2, 0) is 6.54 Å². The Bertz CT molecular complexity index is 573. The van der Waals surface area contributed by atoms with Crippen molar-refractivity contribution in [1.29, 1.82) is 0 Å². The van der Waals surface area contributed by atoms with Gasteiger partial charge in [0.05, 0.1) is 0 Å². The second-order valence-corrected chi connectivity index (χ2v) is 4.74. The molecule has 1 N–H and O–H groups in total. The number of pyridine rings is 1. The monoisotopic (exact) mass is 328 g/mol. The van der Waals surface area contributed by atoms with Crippen molar-refractivity contribution in [1.82, 2.24) is 10.3 Å². The molecule has 0 radical (unpaired) electrons. The number of nitrogens with one attached hydrogen (secondary N) is 1. The lowest BCUT2D eigenvalue weighted by Gasteiger charge is -2.09. The van der Waals surface area contributed by atoms with Gasteiger partial charge >= 0.3 is 0 Å². The van der Waals surface area contributed by atoms with Gasteiger partial charge in [-0.05, 0) is 25.2 Å². The minimum absolute atomic E-state index is 0.176. The van der Waals surface area contributed by atoms with E-state index < -0.39 is 11.6 Å². The summed E-state index contributed by atoms with van der Waals surface area (Å²) in [6.45, 7) is 0.359. The molecule has 0 bridgehead atoms. The highest BCUT2D eigenvalue weighted by molar-refractivity contribution is 9.10. The van der Waals surface area contributed by atoms with Crippen LogP contribution in [0.15, 0.2) is 34.9 Å². The second kappa shape index (κ2) is 6.08. The van der Waals surface area contributed by atoms with Gasteiger partial charge in [0, 0.05) is 28.8 Å². The van der Waals surface area contributed by atoms with Crippen molar-refractivity contribution in [3.8, 4) is 11.6 Å². The maximum absolute atomic E-state index is 14.0. The van der Waals surface area contributed by atoms with Gasteiger partial charge in [0.25, 0.3) is 5.88 Å². The van der Waals surface area contributed by atoms with Gasteiger partial charge in [-0.25, -0.2) is 13.8 Å². The van der Waals surface area contributed by atoms with E-state index in [0.29, 0.717) is 16.6 Å². The largest absolute Gasteiger partial charge is 0.436 e. The number of nitrogens with zero attached hydrogens (tertiary/aromatic N) is 1. The zero-order valence-corrected chi connectivity index (χ0v) is 11.7. The zero-order valence-electron chi connectivity index (χ0n) is 10.1. The molecule has 0 aliphatic rings. The van der Waals surface area contributed by atoms with Crippen LogP contribution < -0.4 is 10.1 Å². The van der Waals surface area contributed by atoms with Crippen molar-refractivity contribution < 1.29 is 13.5 Å². The number of hydrogen-bond donors (Lipinski definition) is 1. The van der Waals surface area contributed by atoms with Gasteiger partial charge in [-0.1, -0.05) is 15.9 Å². The molecule has 0 saturated carbocycles. The fraction of sp³-hybridized carbons (Fsp3) is 0.154. The first kappa shape index (κ1) is 13.9. The maximum atomic E-state index is 14.0. The third-order valence-electron chi connectivity index (χ3n) is 2.36. The van der Waals surface area contributed by atoms with E-state index in [1.54, 1.807) is 13.1 Å². The van der Waals surface area contributed by atoms with Crippen molar-refractivity contribution in [2.45, 2.75) is 6.54 Å². The summed E-state index contributed by atoms with van der Waals surface area (Å²) in [7, 11) is 1.71. The molecule has 0 spiro atoms. The number of ether oxygens (including phenoxy) is 1. The number of hydrogen-bond acceptors (Lipinski definition) is 3. The molecule has 19 heavy (non-hydrogen) atoms. The molecule has 0 aliphatic heterocycles. The van der Waals surface area contributed by atoms with E-state index in [0.717, 1.165) is 6.07 Å². The van der Waals surface area contributed by atoms with Crippen LogP contribution in [0.25, 0.3) is 0 Å². The molecule has 6 heteroatoms. The fourth-order valence-corrected chi connectivity index (χ4v) is 2.00. The lowest BCUT2D eigenvalue weighted by Crippen LogP contribution is -2.08. The van der Waals surface area contributed by atoms with Crippen LogP contribution >= 0.6 is 15.9 Å². The molecule has 3 nitrogen and oxygen atoms in total. The molecule has 1 heterocycles. The Kier molecular flexibility index (Phi) is 4.44. The summed E-state index contributed by atoms with van der Waals surface area (Å²) >= 11 is 3.14. The molecule has 0 unspecified atom stereocenters. The van der Waals surface area contributed by atoms with E-state index in [2.05, 4.69) is 26.2 Å². The van der Waals surface area contributed by atoms with E-state index in [-0.39, 0.29) is 11.6 Å². The van der Waals surface area contributed by atoms with E-state index in [1.807, 2.05) is 0 Å². The molecular weight excluding hydrogens is 318 g/mol. The lowest BCUT2D eigenvalue weighted by molar-refractivity contribution is 0.415. The molecule has 1 aromatic heterocycles. The summed E-state index contributed by atoms with van der Waals surface area (Å²) in [5, 5.41) is 2.84. The molecule has 2 rings (SSSR count). The third-order valence-corrected chi connectivity index (χ3v) is 2.81. The number of rotatable bonds is 4. The van der Waals surface area contributed by atoms with E-state index >= 15 is 0 Å². The topological polar surface area (TPSA) is 34.2 Å². The molecule has 100 valence electrons. The van der Waals surface area contributed by atoms with Crippen LogP contribution in [0.5, 0.6) is 11.6 Å². The Morgan fingerprint density at radius 3 is 2.79 bits per heavy atom. The molecule has 0 fully saturated rings. The maximum Gasteiger partial charge on any atom is 0.256 e. The van der Waals surface area contributed by atoms with Crippen LogP contribution in [0.2, 0.25) is 0 Å². The summed E-state index contributed by atoms with van der Waals surface area (Å²) in [5.74, 6) is -1.03. The Labute approximate surface area is 117 Å². The fourth-order valence-electron chi connectivity index (χ4n) is 1.56. The Balaban J connectivity index is 2.30. The summed E-state index contributed by atoms with van der Waals surface area (Å²) < 4.78 is 33.0. The number of halogens is 3. The van der Waals surface area contributed by atoms with Crippen molar-refractivity contribution in [3.05, 3.63) is 52.1 Å². The van der Waals surface area contributed by atoms with Gasteiger partial charge in [-0.15, -0.1) is 0 Å². The highest BCUT2D eigenvalue weighted by Gasteiger charge is 2.12. The molecule has 0 aliphatic carbocycles. The molecule has 2 aromatic rings. The molecule has 1 aromatic carbocycles. The van der Waals surface area contributed by atoms with Crippen molar-refractivity contribution in [3.63, 3.8) is 0 Å². The van der Waals surface area contributed by atoms with Gasteiger partial charge in [0.15, 0.2) is 5.82 Å². The normalized spacial score (nSPS) is 10.5. The van der Waals surface area contributed by atoms with Gasteiger partial charge in [0.1, 0.15) is 11.6 Å². The first-order valence-electron chi connectivity index (χ1n) is 5.52. The smallest absolute Gasteiger partial charge is 0.256 e. The minimum atomic E-state index is -0.558. The zero-order chi connectivity index (χ0) is 13.8. The van der Waals surface area contributed by atoms with Gasteiger partial charge < -0.3 is 10.1 Å². The minimum Gasteiger partial charge on any atom is -0.436 e. The predicted octanol–water partition coefficient (Wildman–Crippen LogP) is 3.63. The third kappa shape index (κ3) is 3.48. The van der Waals surface area contributed by atoms with E-state index in [4.69, 9.17) is 4.74 Å². The van der Waals surface area contributed by atoms with Crippen LogP contribution in [0.1, 0.15) is 5.56 Å². The summed E-state index contributed by atoms with van der Waals surface area (Å²) in [6.07, 6.45) is 1.44. The van der Waals surface area contributed by atoms with Crippen LogP contribution in [0.4, 0.5) is 8.78 Å². The Morgan fingerprint density at radius 2 is 2.11 bits per heavy atom. The van der Waals surface area contributed by atoms with Gasteiger partial charge in [-0.3, -0.25) is 0 Å². The Hall–Kier alpha value is -1.53. The van der Waals surface area contributed by atoms with E-state index in [1.165, 1.54) is 18.3 Å². The number of benzene rings is 1. The SMILES string of the molecule is CNCc1ccnc(Oc2cc(F)cc(Br)c2)c1F. The summed E-state index contributed by atoms with van der Waals surface area (Å²) in [6, 6.07) is 5.54. The van der Waals surface area contributed by atoms with Gasteiger partial charge in [-0.2, -0.15) is 0 Å².